The largest absolute Gasteiger partial charge is 0.480 e. The fraction of sp³-hybridized carbons (Fsp3) is 0.212. The molecule has 2 unspecified atom stereocenters. The molecule has 0 aliphatic carbocycles. The highest BCUT2D eigenvalue weighted by Crippen LogP contribution is 2.33. The number of nitrogens with zero attached hydrogens (tertiary/aromatic N) is 4. The van der Waals surface area contributed by atoms with Crippen molar-refractivity contribution in [1.82, 2.24) is 13.7 Å². The molecule has 15 heteroatoms. The topological polar surface area (TPSA) is 263 Å². The molecule has 12 N–H and O–H groups in total. The molecule has 0 aliphatic rings. The summed E-state index contributed by atoms with van der Waals surface area (Å²) in [4.78, 5) is 32.2. The van der Waals surface area contributed by atoms with Crippen LogP contribution in [0.25, 0.3) is 32.7 Å². The summed E-state index contributed by atoms with van der Waals surface area (Å²) < 4.78 is 5.66. The van der Waals surface area contributed by atoms with Gasteiger partial charge in [0.1, 0.15) is 12.1 Å². The minimum atomic E-state index is -1.15. The summed E-state index contributed by atoms with van der Waals surface area (Å²) in [6.07, 6.45) is 5.89. The van der Waals surface area contributed by atoms with Gasteiger partial charge in [0, 0.05) is 86.6 Å². The Hall–Kier alpha value is -6.06. The zero-order chi connectivity index (χ0) is 35.4. The van der Waals surface area contributed by atoms with Crippen molar-refractivity contribution < 1.29 is 24.7 Å². The predicted molar refractivity (Wildman–Crippen MR) is 187 cm³/mol. The van der Waals surface area contributed by atoms with Gasteiger partial charge in [-0.25, -0.2) is 0 Å². The second-order valence-corrected chi connectivity index (χ2v) is 11.5. The van der Waals surface area contributed by atoms with Crippen LogP contribution in [0.5, 0.6) is 0 Å². The van der Waals surface area contributed by atoms with Crippen LogP contribution >= 0.6 is 0 Å². The molecular weight excluding hydrogens is 618 g/mol. The maximum Gasteiger partial charge on any atom is 0.320 e. The van der Waals surface area contributed by atoms with Gasteiger partial charge in [0.15, 0.2) is 0 Å². The van der Waals surface area contributed by atoms with Crippen LogP contribution in [0.1, 0.15) is 11.1 Å². The lowest BCUT2D eigenvalue weighted by atomic mass is 10.0. The van der Waals surface area contributed by atoms with Crippen molar-refractivity contribution in [3.8, 4) is 0 Å². The molecule has 0 saturated carbocycles. The summed E-state index contributed by atoms with van der Waals surface area (Å²) in [5, 5.41) is 31.4. The van der Waals surface area contributed by atoms with Crippen molar-refractivity contribution >= 4 is 67.4 Å². The number of carboxylic acid groups (broad SMARTS) is 2. The number of carbonyl (C=O) groups is 2. The van der Waals surface area contributed by atoms with Gasteiger partial charge in [-0.15, -0.1) is 0 Å². The lowest BCUT2D eigenvalue weighted by Crippen LogP contribution is -2.32. The van der Waals surface area contributed by atoms with Gasteiger partial charge in [-0.2, -0.15) is 0 Å². The molecule has 6 aromatic rings. The Morgan fingerprint density at radius 3 is 1.85 bits per heavy atom. The number of rotatable bonds is 7. The number of fused-ring (bicyclic) bond motifs is 3. The fourth-order valence-corrected chi connectivity index (χ4v) is 5.48. The number of anilines is 3. The third-order valence-electron chi connectivity index (χ3n) is 7.89. The van der Waals surface area contributed by atoms with Crippen molar-refractivity contribution in [2.45, 2.75) is 24.9 Å². The summed E-state index contributed by atoms with van der Waals surface area (Å²) in [6, 6.07) is 14.5. The number of nitrogen functional groups attached to an aromatic ring is 3. The van der Waals surface area contributed by atoms with Gasteiger partial charge in [-0.05, 0) is 52.9 Å². The summed E-state index contributed by atoms with van der Waals surface area (Å²) in [5.74, 6) is -2.14. The van der Waals surface area contributed by atoms with E-state index in [2.05, 4.69) is 10.6 Å². The number of carboxylic acids is 2. The third-order valence-corrected chi connectivity index (χ3v) is 7.89. The Kier molecular flexibility index (Phi) is 10.3. The summed E-state index contributed by atoms with van der Waals surface area (Å²) in [6.45, 7) is 0. The van der Waals surface area contributed by atoms with E-state index in [4.69, 9.17) is 38.9 Å². The average molecular weight is 658 g/mol. The number of nitro groups is 1. The lowest BCUT2D eigenvalue weighted by Gasteiger charge is -2.05. The highest BCUT2D eigenvalue weighted by atomic mass is 16.6. The molecule has 0 radical (unpaired) electrons. The normalized spacial score (nSPS) is 12.2. The average Bonchev–Trinajstić information content (AvgIpc) is 3.65. The number of aliphatic carboxylic acids is 2. The molecule has 0 aliphatic heterocycles. The van der Waals surface area contributed by atoms with Crippen LogP contribution in [0, 0.1) is 10.1 Å². The number of nitro benzene ring substituents is 1. The number of non-ortho nitro benzene ring substituents is 1. The summed E-state index contributed by atoms with van der Waals surface area (Å²) in [5.41, 5.74) is 33.9. The van der Waals surface area contributed by atoms with Crippen LogP contribution < -0.4 is 28.7 Å². The van der Waals surface area contributed by atoms with Crippen LogP contribution in [-0.4, -0.2) is 52.9 Å². The molecule has 0 amide bonds. The van der Waals surface area contributed by atoms with Crippen molar-refractivity contribution in [2.24, 2.45) is 32.6 Å². The fourth-order valence-electron chi connectivity index (χ4n) is 5.48. The van der Waals surface area contributed by atoms with Crippen LogP contribution in [0.15, 0.2) is 73.2 Å². The molecule has 48 heavy (non-hydrogen) atoms. The van der Waals surface area contributed by atoms with Crippen molar-refractivity contribution in [3.63, 3.8) is 0 Å². The molecule has 252 valence electrons. The Morgan fingerprint density at radius 2 is 1.25 bits per heavy atom. The Balaban J connectivity index is 0.000000169. The molecule has 3 heterocycles. The number of aromatic nitrogens is 3. The van der Waals surface area contributed by atoms with Gasteiger partial charge < -0.3 is 52.6 Å². The van der Waals surface area contributed by atoms with E-state index in [9.17, 15) is 19.7 Å². The van der Waals surface area contributed by atoms with Gasteiger partial charge >= 0.3 is 11.9 Å². The minimum Gasteiger partial charge on any atom is -0.480 e. The summed E-state index contributed by atoms with van der Waals surface area (Å²) in [7, 11) is 5.63. The zero-order valence-electron chi connectivity index (χ0n) is 26.7. The predicted octanol–water partition coefficient (Wildman–Crippen LogP) is 3.10. The molecule has 3 aromatic heterocycles. The highest BCUT2D eigenvalue weighted by Gasteiger charge is 2.23. The minimum absolute atomic E-state index is 0.0113. The number of aryl methyl sites for hydroxylation is 3. The highest BCUT2D eigenvalue weighted by molar-refractivity contribution is 5.95. The van der Waals surface area contributed by atoms with E-state index in [1.807, 2.05) is 61.4 Å². The zero-order valence-corrected chi connectivity index (χ0v) is 26.7. The molecule has 0 spiro atoms. The van der Waals surface area contributed by atoms with Crippen molar-refractivity contribution in [1.29, 1.82) is 0 Å². The van der Waals surface area contributed by atoms with E-state index in [-0.39, 0.29) is 17.8 Å². The second kappa shape index (κ2) is 14.1. The lowest BCUT2D eigenvalue weighted by molar-refractivity contribution is -0.383. The van der Waals surface area contributed by atoms with Gasteiger partial charge in [0.2, 0.25) is 0 Å². The number of hydrogen-bond donors (Lipinski definition) is 7. The van der Waals surface area contributed by atoms with E-state index in [0.717, 1.165) is 22.2 Å². The number of nitrogens with two attached hydrogens (primary N) is 5. The van der Waals surface area contributed by atoms with Crippen molar-refractivity contribution in [3.05, 3.63) is 94.4 Å². The van der Waals surface area contributed by atoms with Crippen molar-refractivity contribution in [2.75, 3.05) is 17.2 Å². The maximum absolute atomic E-state index is 11.1. The Morgan fingerprint density at radius 1 is 0.729 bits per heavy atom. The maximum atomic E-state index is 11.1. The first-order valence-electron chi connectivity index (χ1n) is 14.7. The second-order valence-electron chi connectivity index (χ2n) is 11.5. The molecular formula is C33H39N9O6. The van der Waals surface area contributed by atoms with E-state index >= 15 is 0 Å². The van der Waals surface area contributed by atoms with Gasteiger partial charge in [0.05, 0.1) is 21.3 Å². The molecule has 0 saturated heterocycles. The van der Waals surface area contributed by atoms with E-state index in [1.54, 1.807) is 29.9 Å². The number of benzene rings is 3. The monoisotopic (exact) mass is 657 g/mol. The Labute approximate surface area is 274 Å². The van der Waals surface area contributed by atoms with Crippen LogP contribution in [-0.2, 0) is 43.6 Å². The standard InChI is InChI=1S/C12H14N4O4.C12H15N3O2.C9H10N2/c1-15-5-6(2-8(14)12(17)18)11-9(15)3-7(13)4-10(11)16(19)20;1-15-6-7(4-10(14)12(16)17)9-3-2-8(13)5-11(9)15;1-11-5-4-7-2-3-8(10)6-9(7)11/h3-5,8H,2,13-14H2,1H3,(H,17,18);2-3,5-6,10H,4,13-14H2,1H3,(H,16,17);2-6H,10H2,1H3. The quantitative estimate of drug-likeness (QED) is 0.0745. The molecule has 0 bridgehead atoms. The van der Waals surface area contributed by atoms with Gasteiger partial charge in [0.25, 0.3) is 5.69 Å². The van der Waals surface area contributed by atoms with Crippen LogP contribution in [0.2, 0.25) is 0 Å². The van der Waals surface area contributed by atoms with E-state index in [1.165, 1.54) is 17.0 Å². The molecule has 15 nitrogen and oxygen atoms in total. The van der Waals surface area contributed by atoms with Crippen LogP contribution in [0.4, 0.5) is 22.7 Å². The third kappa shape index (κ3) is 7.66. The molecule has 2 atom stereocenters. The summed E-state index contributed by atoms with van der Waals surface area (Å²) >= 11 is 0. The van der Waals surface area contributed by atoms with Gasteiger partial charge in [-0.3, -0.25) is 19.7 Å². The van der Waals surface area contributed by atoms with E-state index in [0.29, 0.717) is 28.6 Å². The molecule has 6 rings (SSSR count). The van der Waals surface area contributed by atoms with Gasteiger partial charge in [-0.1, -0.05) is 12.1 Å². The molecule has 3 aromatic carbocycles. The smallest absolute Gasteiger partial charge is 0.320 e. The first-order valence-corrected chi connectivity index (χ1v) is 14.7. The number of hydrogen-bond acceptors (Lipinski definition) is 9. The van der Waals surface area contributed by atoms with E-state index < -0.39 is 28.9 Å². The first-order chi connectivity index (χ1) is 22.6. The molecule has 0 fully saturated rings. The Bertz CT molecular complexity index is 2150. The first kappa shape index (κ1) is 34.8. The SMILES string of the molecule is Cn1cc(CC(N)C(=O)O)c2c([N+](=O)[O-])cc(N)cc21.Cn1cc(CC(N)C(=O)O)c2ccc(N)cc21.Cn1ccc2ccc(N)cc21. The van der Waals surface area contributed by atoms with Crippen LogP contribution in [0.3, 0.4) is 0 Å².